The van der Waals surface area contributed by atoms with Crippen molar-refractivity contribution in [3.05, 3.63) is 67.5 Å². The fourth-order valence-electron chi connectivity index (χ4n) is 2.25. The minimum atomic E-state index is -0.536. The average Bonchev–Trinajstić information content (AvgIpc) is 2.96. The highest BCUT2D eigenvalue weighted by atomic mass is 35.5. The zero-order valence-corrected chi connectivity index (χ0v) is 16.4. The molecule has 0 saturated heterocycles. The highest BCUT2D eigenvalue weighted by Crippen LogP contribution is 2.36. The number of carbonyl (C=O) groups is 1. The van der Waals surface area contributed by atoms with Gasteiger partial charge in [-0.05, 0) is 36.5 Å². The Labute approximate surface area is 172 Å². The maximum absolute atomic E-state index is 12.4. The molecule has 0 aliphatic heterocycles. The maximum atomic E-state index is 12.4. The number of halogens is 2. The van der Waals surface area contributed by atoms with E-state index in [4.69, 9.17) is 35.4 Å². The maximum Gasteiger partial charge on any atom is 0.292 e. The number of amides is 1. The summed E-state index contributed by atoms with van der Waals surface area (Å²) in [6.07, 6.45) is 0. The highest BCUT2D eigenvalue weighted by molar-refractivity contribution is 7.80. The Morgan fingerprint density at radius 3 is 2.63 bits per heavy atom. The van der Waals surface area contributed by atoms with E-state index < -0.39 is 10.8 Å². The smallest absolute Gasteiger partial charge is 0.292 e. The summed E-state index contributed by atoms with van der Waals surface area (Å²) < 4.78 is 0.815. The predicted octanol–water partition coefficient (Wildman–Crippen LogP) is 4.75. The second-order valence-electron chi connectivity index (χ2n) is 5.19. The third-order valence-corrected chi connectivity index (χ3v) is 5.55. The number of nitro groups is 1. The van der Waals surface area contributed by atoms with Gasteiger partial charge in [-0.15, -0.1) is 11.3 Å². The van der Waals surface area contributed by atoms with Crippen molar-refractivity contribution in [3.8, 4) is 0 Å². The molecule has 0 saturated carbocycles. The summed E-state index contributed by atoms with van der Waals surface area (Å²) in [6, 6.07) is 11.2. The van der Waals surface area contributed by atoms with Crippen molar-refractivity contribution in [3.63, 3.8) is 0 Å². The van der Waals surface area contributed by atoms with E-state index in [0.717, 1.165) is 4.70 Å². The van der Waals surface area contributed by atoms with Gasteiger partial charge in [-0.3, -0.25) is 25.8 Å². The molecule has 11 heteroatoms. The third kappa shape index (κ3) is 4.28. The standard InChI is InChI=1S/C16H10Cl2N4O3S2/c17-8-5-6-12-9(7-8)13(18)14(27-12)15(23)20-21-16(26)19-10-3-1-2-4-11(10)22(24)25/h1-7H,(H,20,23)(H2,19,21,26). The molecular weight excluding hydrogens is 431 g/mol. The van der Waals surface area contributed by atoms with Crippen molar-refractivity contribution >= 4 is 79.2 Å². The average molecular weight is 441 g/mol. The van der Waals surface area contributed by atoms with E-state index in [2.05, 4.69) is 16.2 Å². The third-order valence-electron chi connectivity index (χ3n) is 3.43. The van der Waals surface area contributed by atoms with Crippen LogP contribution in [0.2, 0.25) is 10.0 Å². The van der Waals surface area contributed by atoms with Crippen molar-refractivity contribution in [2.75, 3.05) is 5.32 Å². The number of hydrogen-bond donors (Lipinski definition) is 3. The first kappa shape index (κ1) is 19.3. The number of nitro benzene ring substituents is 1. The van der Waals surface area contributed by atoms with Crippen molar-refractivity contribution in [2.24, 2.45) is 0 Å². The Kier molecular flexibility index (Phi) is 5.76. The van der Waals surface area contributed by atoms with Crippen LogP contribution < -0.4 is 16.2 Å². The molecule has 0 atom stereocenters. The van der Waals surface area contributed by atoms with E-state index in [1.54, 1.807) is 24.3 Å². The second kappa shape index (κ2) is 8.05. The number of benzene rings is 2. The van der Waals surface area contributed by atoms with Gasteiger partial charge < -0.3 is 5.32 Å². The first-order chi connectivity index (χ1) is 12.9. The number of nitrogens with zero attached hydrogens (tertiary/aromatic N) is 1. The lowest BCUT2D eigenvalue weighted by Crippen LogP contribution is -2.43. The number of thiocarbonyl (C=S) groups is 1. The number of carbonyl (C=O) groups excluding carboxylic acids is 1. The molecule has 1 heterocycles. The molecule has 3 aromatic rings. The molecule has 0 radical (unpaired) electrons. The molecule has 0 bridgehead atoms. The number of rotatable bonds is 3. The van der Waals surface area contributed by atoms with E-state index in [9.17, 15) is 14.9 Å². The lowest BCUT2D eigenvalue weighted by atomic mass is 10.2. The van der Waals surface area contributed by atoms with Gasteiger partial charge in [-0.1, -0.05) is 35.3 Å². The molecular formula is C16H10Cl2N4O3S2. The summed E-state index contributed by atoms with van der Waals surface area (Å²) in [6.45, 7) is 0. The molecule has 0 fully saturated rings. The van der Waals surface area contributed by atoms with Gasteiger partial charge in [0.25, 0.3) is 11.6 Å². The van der Waals surface area contributed by atoms with Crippen LogP contribution >= 0.6 is 46.8 Å². The van der Waals surface area contributed by atoms with Crippen LogP contribution in [-0.4, -0.2) is 15.9 Å². The Bertz CT molecular complexity index is 1070. The van der Waals surface area contributed by atoms with Crippen molar-refractivity contribution in [2.45, 2.75) is 0 Å². The van der Waals surface area contributed by atoms with Gasteiger partial charge in [0.2, 0.25) is 0 Å². The van der Waals surface area contributed by atoms with Gasteiger partial charge in [-0.25, -0.2) is 0 Å². The van der Waals surface area contributed by atoms with Crippen molar-refractivity contribution in [1.82, 2.24) is 10.9 Å². The molecule has 27 heavy (non-hydrogen) atoms. The van der Waals surface area contributed by atoms with Crippen LogP contribution in [0, 0.1) is 10.1 Å². The van der Waals surface area contributed by atoms with E-state index in [1.807, 2.05) is 0 Å². The molecule has 0 aliphatic rings. The molecule has 7 nitrogen and oxygen atoms in total. The number of fused-ring (bicyclic) bond motifs is 1. The van der Waals surface area contributed by atoms with E-state index in [-0.39, 0.29) is 26.4 Å². The lowest BCUT2D eigenvalue weighted by molar-refractivity contribution is -0.383. The van der Waals surface area contributed by atoms with Gasteiger partial charge in [0.15, 0.2) is 5.11 Å². The minimum Gasteiger partial charge on any atom is -0.326 e. The van der Waals surface area contributed by atoms with Gasteiger partial charge in [0, 0.05) is 21.2 Å². The molecule has 1 amide bonds. The first-order valence-corrected chi connectivity index (χ1v) is 9.33. The lowest BCUT2D eigenvalue weighted by Gasteiger charge is -2.11. The largest absolute Gasteiger partial charge is 0.326 e. The zero-order valence-electron chi connectivity index (χ0n) is 13.3. The molecule has 3 N–H and O–H groups in total. The van der Waals surface area contributed by atoms with E-state index in [1.165, 1.54) is 29.5 Å². The Balaban J connectivity index is 1.68. The zero-order chi connectivity index (χ0) is 19.6. The first-order valence-electron chi connectivity index (χ1n) is 7.35. The Morgan fingerprint density at radius 1 is 1.15 bits per heavy atom. The molecule has 0 unspecified atom stereocenters. The van der Waals surface area contributed by atoms with E-state index in [0.29, 0.717) is 10.4 Å². The number of para-hydroxylation sites is 2. The molecule has 2 aromatic carbocycles. The molecule has 0 aliphatic carbocycles. The topological polar surface area (TPSA) is 96.3 Å². The molecule has 0 spiro atoms. The molecule has 138 valence electrons. The number of anilines is 1. The minimum absolute atomic E-state index is 0.0158. The number of nitrogens with one attached hydrogen (secondary N) is 3. The normalized spacial score (nSPS) is 10.4. The summed E-state index contributed by atoms with van der Waals surface area (Å²) in [7, 11) is 0. The fourth-order valence-corrected chi connectivity index (χ4v) is 3.97. The summed E-state index contributed by atoms with van der Waals surface area (Å²) in [5, 5.41) is 15.1. The van der Waals surface area contributed by atoms with Gasteiger partial charge in [0.05, 0.1) is 9.95 Å². The van der Waals surface area contributed by atoms with Crippen LogP contribution in [0.3, 0.4) is 0 Å². The summed E-state index contributed by atoms with van der Waals surface area (Å²) in [5.74, 6) is -0.496. The SMILES string of the molecule is O=C(NNC(=S)Nc1ccccc1[N+](=O)[O-])c1sc2ccc(Cl)cc2c1Cl. The van der Waals surface area contributed by atoms with Gasteiger partial charge in [-0.2, -0.15) is 0 Å². The van der Waals surface area contributed by atoms with Crippen LogP contribution in [0.1, 0.15) is 9.67 Å². The summed E-state index contributed by atoms with van der Waals surface area (Å²) in [4.78, 5) is 23.1. The quantitative estimate of drug-likeness (QED) is 0.309. The number of hydrazine groups is 1. The molecule has 3 rings (SSSR count). The second-order valence-corrected chi connectivity index (χ2v) is 7.47. The van der Waals surface area contributed by atoms with E-state index >= 15 is 0 Å². The monoisotopic (exact) mass is 440 g/mol. The van der Waals surface area contributed by atoms with Gasteiger partial charge >= 0.3 is 0 Å². The Hall–Kier alpha value is -2.46. The molecule has 1 aromatic heterocycles. The predicted molar refractivity (Wildman–Crippen MR) is 112 cm³/mol. The van der Waals surface area contributed by atoms with Crippen molar-refractivity contribution in [1.29, 1.82) is 0 Å². The Morgan fingerprint density at radius 2 is 1.89 bits per heavy atom. The number of hydrogen-bond acceptors (Lipinski definition) is 5. The van der Waals surface area contributed by atoms with Crippen LogP contribution in [0.15, 0.2) is 42.5 Å². The fraction of sp³-hybridized carbons (Fsp3) is 0. The van der Waals surface area contributed by atoms with Crippen LogP contribution in [-0.2, 0) is 0 Å². The van der Waals surface area contributed by atoms with Crippen LogP contribution in [0.4, 0.5) is 11.4 Å². The van der Waals surface area contributed by atoms with Crippen LogP contribution in [0.5, 0.6) is 0 Å². The number of thiophene rings is 1. The van der Waals surface area contributed by atoms with Crippen molar-refractivity contribution < 1.29 is 9.72 Å². The van der Waals surface area contributed by atoms with Crippen LogP contribution in [0.25, 0.3) is 10.1 Å². The summed E-state index contributed by atoms with van der Waals surface area (Å²) in [5.41, 5.74) is 4.97. The summed E-state index contributed by atoms with van der Waals surface area (Å²) >= 11 is 18.5. The highest BCUT2D eigenvalue weighted by Gasteiger charge is 2.18. The van der Waals surface area contributed by atoms with Gasteiger partial charge in [0.1, 0.15) is 10.6 Å².